The quantitative estimate of drug-likeness (QED) is 0.789. The number of nitrogens with zero attached hydrogens (tertiary/aromatic N) is 4. The number of rotatable bonds is 2. The van der Waals surface area contributed by atoms with Crippen LogP contribution in [0.2, 0.25) is 0 Å². The molecule has 1 saturated heterocycles. The van der Waals surface area contributed by atoms with E-state index in [1.807, 2.05) is 24.3 Å². The summed E-state index contributed by atoms with van der Waals surface area (Å²) in [6.07, 6.45) is 5.37. The van der Waals surface area contributed by atoms with Gasteiger partial charge in [0.2, 0.25) is 0 Å². The van der Waals surface area contributed by atoms with Gasteiger partial charge in [-0.15, -0.1) is 0 Å². The molecule has 1 aliphatic rings. The van der Waals surface area contributed by atoms with Gasteiger partial charge in [0.15, 0.2) is 5.65 Å². The predicted octanol–water partition coefficient (Wildman–Crippen LogP) is 3.28. The summed E-state index contributed by atoms with van der Waals surface area (Å²) in [5, 5.41) is 9.58. The van der Waals surface area contributed by atoms with Crippen LogP contribution in [0, 0.1) is 0 Å². The zero-order chi connectivity index (χ0) is 15.8. The summed E-state index contributed by atoms with van der Waals surface area (Å²) in [6, 6.07) is 11.5. The zero-order valence-corrected chi connectivity index (χ0v) is 13.2. The molecule has 0 radical (unpaired) electrons. The fourth-order valence-electron chi connectivity index (χ4n) is 3.41. The highest BCUT2D eigenvalue weighted by atomic mass is 16.3. The van der Waals surface area contributed by atoms with Crippen molar-refractivity contribution >= 4 is 11.2 Å². The molecule has 118 valence electrons. The minimum absolute atomic E-state index is 0.266. The number of fused-ring (bicyclic) bond motifs is 1. The molecule has 3 heterocycles. The van der Waals surface area contributed by atoms with Crippen LogP contribution >= 0.6 is 0 Å². The van der Waals surface area contributed by atoms with E-state index < -0.39 is 0 Å². The molecule has 0 saturated carbocycles. The normalized spacial score (nSPS) is 19.3. The van der Waals surface area contributed by atoms with Crippen LogP contribution in [-0.2, 0) is 0 Å². The topological polar surface area (TPSA) is 54.2 Å². The molecule has 5 nitrogen and oxygen atoms in total. The van der Waals surface area contributed by atoms with E-state index in [0.717, 1.165) is 35.6 Å². The SMILES string of the molecule is CN1CCCCC1c1nc2cccnc2n1-c1ccc(O)cc1. The molecule has 1 fully saturated rings. The van der Waals surface area contributed by atoms with E-state index in [0.29, 0.717) is 6.04 Å². The third-order valence-corrected chi connectivity index (χ3v) is 4.62. The Labute approximate surface area is 135 Å². The molecular formula is C18H20N4O. The summed E-state index contributed by atoms with van der Waals surface area (Å²) in [6.45, 7) is 1.09. The van der Waals surface area contributed by atoms with E-state index in [1.165, 1.54) is 12.8 Å². The monoisotopic (exact) mass is 308 g/mol. The van der Waals surface area contributed by atoms with Crippen LogP contribution in [0.15, 0.2) is 42.6 Å². The largest absolute Gasteiger partial charge is 0.508 e. The Morgan fingerprint density at radius 1 is 1.13 bits per heavy atom. The molecule has 4 rings (SSSR count). The van der Waals surface area contributed by atoms with E-state index in [1.54, 1.807) is 18.3 Å². The average Bonchev–Trinajstić information content (AvgIpc) is 2.95. The summed E-state index contributed by atoms with van der Waals surface area (Å²) >= 11 is 0. The van der Waals surface area contributed by atoms with E-state index in [9.17, 15) is 5.11 Å². The summed E-state index contributed by atoms with van der Waals surface area (Å²) in [5.41, 5.74) is 2.76. The van der Waals surface area contributed by atoms with Crippen molar-refractivity contribution in [1.82, 2.24) is 19.4 Å². The van der Waals surface area contributed by atoms with E-state index >= 15 is 0 Å². The van der Waals surface area contributed by atoms with Gasteiger partial charge in [-0.3, -0.25) is 9.47 Å². The minimum atomic E-state index is 0.266. The van der Waals surface area contributed by atoms with Crippen molar-refractivity contribution in [1.29, 1.82) is 0 Å². The third-order valence-electron chi connectivity index (χ3n) is 4.62. The van der Waals surface area contributed by atoms with E-state index in [-0.39, 0.29) is 5.75 Å². The molecule has 0 amide bonds. The maximum absolute atomic E-state index is 9.58. The lowest BCUT2D eigenvalue weighted by atomic mass is 10.0. The van der Waals surface area contributed by atoms with Crippen molar-refractivity contribution in [2.24, 2.45) is 0 Å². The molecule has 0 bridgehead atoms. The lowest BCUT2D eigenvalue weighted by Gasteiger charge is -2.32. The van der Waals surface area contributed by atoms with Crippen LogP contribution in [0.5, 0.6) is 5.75 Å². The highest BCUT2D eigenvalue weighted by Gasteiger charge is 2.27. The Morgan fingerprint density at radius 2 is 1.96 bits per heavy atom. The fourth-order valence-corrected chi connectivity index (χ4v) is 3.41. The summed E-state index contributed by atoms with van der Waals surface area (Å²) in [7, 11) is 2.16. The number of phenols is 1. The van der Waals surface area contributed by atoms with Crippen LogP contribution in [0.3, 0.4) is 0 Å². The van der Waals surface area contributed by atoms with Crippen LogP contribution in [0.4, 0.5) is 0 Å². The standard InChI is InChI=1S/C18H20N4O/c1-21-12-3-2-6-16(21)18-20-15-5-4-11-19-17(15)22(18)13-7-9-14(23)10-8-13/h4-5,7-11,16,23H,2-3,6,12H2,1H3. The summed E-state index contributed by atoms with van der Waals surface area (Å²) in [4.78, 5) is 11.8. The Kier molecular flexibility index (Phi) is 3.50. The second-order valence-electron chi connectivity index (χ2n) is 6.16. The predicted molar refractivity (Wildman–Crippen MR) is 89.8 cm³/mol. The van der Waals surface area contributed by atoms with E-state index in [2.05, 4.69) is 21.5 Å². The summed E-state index contributed by atoms with van der Waals surface area (Å²) in [5.74, 6) is 1.30. The van der Waals surface area contributed by atoms with Gasteiger partial charge in [0.25, 0.3) is 0 Å². The lowest BCUT2D eigenvalue weighted by molar-refractivity contribution is 0.178. The van der Waals surface area contributed by atoms with Gasteiger partial charge in [-0.1, -0.05) is 6.42 Å². The van der Waals surface area contributed by atoms with Crippen molar-refractivity contribution in [2.45, 2.75) is 25.3 Å². The number of hydrogen-bond acceptors (Lipinski definition) is 4. The molecule has 2 aromatic heterocycles. The van der Waals surface area contributed by atoms with Gasteiger partial charge in [-0.2, -0.15) is 0 Å². The molecule has 3 aromatic rings. The number of aromatic hydroxyl groups is 1. The minimum Gasteiger partial charge on any atom is -0.508 e. The maximum Gasteiger partial charge on any atom is 0.164 e. The molecule has 1 atom stereocenters. The van der Waals surface area contributed by atoms with Crippen molar-refractivity contribution in [2.75, 3.05) is 13.6 Å². The van der Waals surface area contributed by atoms with Gasteiger partial charge in [0.1, 0.15) is 17.1 Å². The van der Waals surface area contributed by atoms with Crippen molar-refractivity contribution in [3.63, 3.8) is 0 Å². The molecule has 0 aliphatic carbocycles. The van der Waals surface area contributed by atoms with Crippen LogP contribution in [-0.4, -0.2) is 38.1 Å². The van der Waals surface area contributed by atoms with Crippen LogP contribution in [0.1, 0.15) is 31.1 Å². The van der Waals surface area contributed by atoms with Crippen molar-refractivity contribution in [3.05, 3.63) is 48.4 Å². The molecule has 23 heavy (non-hydrogen) atoms. The smallest absolute Gasteiger partial charge is 0.164 e. The molecule has 1 aromatic carbocycles. The second-order valence-corrected chi connectivity index (χ2v) is 6.16. The summed E-state index contributed by atoms with van der Waals surface area (Å²) < 4.78 is 2.13. The third kappa shape index (κ3) is 2.47. The number of likely N-dealkylation sites (tertiary alicyclic amines) is 1. The van der Waals surface area contributed by atoms with Crippen molar-refractivity contribution in [3.8, 4) is 11.4 Å². The number of pyridine rings is 1. The Hall–Kier alpha value is -2.40. The highest BCUT2D eigenvalue weighted by Crippen LogP contribution is 2.33. The van der Waals surface area contributed by atoms with Gasteiger partial charge < -0.3 is 5.11 Å². The Morgan fingerprint density at radius 3 is 2.74 bits per heavy atom. The number of phenolic OH excluding ortho intramolecular Hbond substituents is 1. The average molecular weight is 308 g/mol. The second kappa shape index (κ2) is 5.66. The lowest BCUT2D eigenvalue weighted by Crippen LogP contribution is -2.31. The van der Waals surface area contributed by atoms with E-state index in [4.69, 9.17) is 4.98 Å². The van der Waals surface area contributed by atoms with Crippen LogP contribution < -0.4 is 0 Å². The Bertz CT molecular complexity index is 825. The first-order valence-electron chi connectivity index (χ1n) is 8.07. The highest BCUT2D eigenvalue weighted by molar-refractivity contribution is 5.74. The molecule has 0 spiro atoms. The first kappa shape index (κ1) is 14.2. The first-order valence-corrected chi connectivity index (χ1v) is 8.07. The zero-order valence-electron chi connectivity index (χ0n) is 13.2. The van der Waals surface area contributed by atoms with Gasteiger partial charge in [0, 0.05) is 11.9 Å². The number of aromatic nitrogens is 3. The fraction of sp³-hybridized carbons (Fsp3) is 0.333. The van der Waals surface area contributed by atoms with Gasteiger partial charge in [-0.25, -0.2) is 9.97 Å². The molecule has 1 aliphatic heterocycles. The molecular weight excluding hydrogens is 288 g/mol. The number of piperidine rings is 1. The maximum atomic E-state index is 9.58. The van der Waals surface area contributed by atoms with Crippen molar-refractivity contribution < 1.29 is 5.11 Å². The number of hydrogen-bond donors (Lipinski definition) is 1. The first-order chi connectivity index (χ1) is 11.2. The molecule has 5 heteroatoms. The number of benzene rings is 1. The van der Waals surface area contributed by atoms with Gasteiger partial charge in [0.05, 0.1) is 6.04 Å². The van der Waals surface area contributed by atoms with Gasteiger partial charge in [-0.05, 0) is 62.8 Å². The van der Waals surface area contributed by atoms with Gasteiger partial charge >= 0.3 is 0 Å². The Balaban J connectivity index is 1.92. The van der Waals surface area contributed by atoms with Crippen LogP contribution in [0.25, 0.3) is 16.9 Å². The number of imidazole rings is 1. The molecule has 1 N–H and O–H groups in total. The molecule has 1 unspecified atom stereocenters.